The fraction of sp³-hybridized carbons (Fsp3) is 0.192. The monoisotopic (exact) mass is 362 g/mol. The minimum absolute atomic E-state index is 0.173. The molecular formula is C26H22N2. The van der Waals surface area contributed by atoms with E-state index in [-0.39, 0.29) is 5.41 Å². The van der Waals surface area contributed by atoms with E-state index in [2.05, 4.69) is 78.2 Å². The van der Waals surface area contributed by atoms with Crippen LogP contribution in [0.3, 0.4) is 0 Å². The average molecular weight is 362 g/mol. The lowest BCUT2D eigenvalue weighted by atomic mass is 9.61. The third-order valence-electron chi connectivity index (χ3n) is 6.61. The van der Waals surface area contributed by atoms with E-state index in [0.717, 1.165) is 5.82 Å². The van der Waals surface area contributed by atoms with E-state index in [0.29, 0.717) is 0 Å². The van der Waals surface area contributed by atoms with Gasteiger partial charge in [-0.3, -0.25) is 4.57 Å². The summed E-state index contributed by atoms with van der Waals surface area (Å²) in [6.07, 6.45) is 8.08. The third-order valence-corrected chi connectivity index (χ3v) is 6.61. The molecule has 136 valence electrons. The number of benzene rings is 2. The van der Waals surface area contributed by atoms with Gasteiger partial charge in [0.15, 0.2) is 0 Å². The van der Waals surface area contributed by atoms with Crippen molar-refractivity contribution in [2.24, 2.45) is 0 Å². The maximum Gasteiger partial charge on any atom is 0.137 e. The number of fused-ring (bicyclic) bond motifs is 3. The third kappa shape index (κ3) is 2.06. The van der Waals surface area contributed by atoms with Crippen molar-refractivity contribution in [3.63, 3.8) is 0 Å². The van der Waals surface area contributed by atoms with E-state index in [1.54, 1.807) is 0 Å². The predicted molar refractivity (Wildman–Crippen MR) is 116 cm³/mol. The molecule has 2 heteroatoms. The van der Waals surface area contributed by atoms with Crippen LogP contribution < -0.4 is 0 Å². The van der Waals surface area contributed by atoms with Gasteiger partial charge in [0, 0.05) is 17.0 Å². The van der Waals surface area contributed by atoms with Gasteiger partial charge in [-0.1, -0.05) is 48.9 Å². The Kier molecular flexibility index (Phi) is 3.22. The van der Waals surface area contributed by atoms with Crippen molar-refractivity contribution in [3.05, 3.63) is 95.3 Å². The molecule has 0 bridgehead atoms. The molecule has 2 aliphatic carbocycles. The van der Waals surface area contributed by atoms with Crippen molar-refractivity contribution in [1.82, 2.24) is 9.55 Å². The number of aromatic nitrogens is 2. The van der Waals surface area contributed by atoms with E-state index < -0.39 is 0 Å². The van der Waals surface area contributed by atoms with Gasteiger partial charge in [0.2, 0.25) is 0 Å². The zero-order valence-corrected chi connectivity index (χ0v) is 16.0. The van der Waals surface area contributed by atoms with Gasteiger partial charge in [0.05, 0.1) is 11.2 Å². The summed E-state index contributed by atoms with van der Waals surface area (Å²) in [7, 11) is 0. The normalized spacial score (nSPS) is 16.8. The predicted octanol–water partition coefficient (Wildman–Crippen LogP) is 6.31. The maximum absolute atomic E-state index is 4.71. The number of nitrogens with zero attached hydrogens (tertiary/aromatic N) is 2. The molecule has 6 rings (SSSR count). The Balaban J connectivity index is 1.66. The number of allylic oxidation sites excluding steroid dienone is 1. The summed E-state index contributed by atoms with van der Waals surface area (Å²) in [5.41, 5.74) is 8.31. The lowest BCUT2D eigenvalue weighted by Gasteiger charge is -2.42. The Bertz CT molecular complexity index is 1240. The zero-order chi connectivity index (χ0) is 18.7. The van der Waals surface area contributed by atoms with Crippen LogP contribution in [0.2, 0.25) is 0 Å². The molecule has 1 spiro atoms. The van der Waals surface area contributed by atoms with Crippen molar-refractivity contribution in [2.75, 3.05) is 0 Å². The summed E-state index contributed by atoms with van der Waals surface area (Å²) >= 11 is 0. The maximum atomic E-state index is 4.71. The molecule has 2 aromatic carbocycles. The molecule has 0 aliphatic heterocycles. The SMILES string of the molecule is Cc1ccc2cc(C3=Cc4ccccc4C34CCC4)n(-c3ccccn3)c2c1. The van der Waals surface area contributed by atoms with Crippen LogP contribution in [0.25, 0.3) is 28.4 Å². The number of pyridine rings is 1. The van der Waals surface area contributed by atoms with Crippen LogP contribution in [0.15, 0.2) is 72.9 Å². The van der Waals surface area contributed by atoms with Crippen LogP contribution in [-0.4, -0.2) is 9.55 Å². The average Bonchev–Trinajstić information content (AvgIpc) is 3.23. The zero-order valence-electron chi connectivity index (χ0n) is 16.0. The van der Waals surface area contributed by atoms with E-state index in [1.165, 1.54) is 58.1 Å². The van der Waals surface area contributed by atoms with Gasteiger partial charge < -0.3 is 0 Å². The molecule has 0 atom stereocenters. The minimum atomic E-state index is 0.173. The highest BCUT2D eigenvalue weighted by Crippen LogP contribution is 2.58. The van der Waals surface area contributed by atoms with Crippen LogP contribution in [0, 0.1) is 6.92 Å². The van der Waals surface area contributed by atoms with E-state index in [1.807, 2.05) is 12.3 Å². The summed E-state index contributed by atoms with van der Waals surface area (Å²) in [5, 5.41) is 1.28. The van der Waals surface area contributed by atoms with Gasteiger partial charge in [-0.15, -0.1) is 0 Å². The van der Waals surface area contributed by atoms with Gasteiger partial charge in [-0.25, -0.2) is 4.98 Å². The number of hydrogen-bond acceptors (Lipinski definition) is 1. The topological polar surface area (TPSA) is 17.8 Å². The van der Waals surface area contributed by atoms with Crippen LogP contribution in [0.4, 0.5) is 0 Å². The summed E-state index contributed by atoms with van der Waals surface area (Å²) in [5.74, 6) is 0.990. The first-order valence-electron chi connectivity index (χ1n) is 10.1. The second kappa shape index (κ2) is 5.68. The van der Waals surface area contributed by atoms with Gasteiger partial charge in [-0.2, -0.15) is 0 Å². The molecule has 4 aromatic rings. The van der Waals surface area contributed by atoms with E-state index in [4.69, 9.17) is 4.98 Å². The fourth-order valence-corrected chi connectivity index (χ4v) is 5.13. The Morgan fingerprint density at radius 3 is 2.57 bits per heavy atom. The first-order valence-corrected chi connectivity index (χ1v) is 10.1. The number of rotatable bonds is 2. The molecule has 0 unspecified atom stereocenters. The summed E-state index contributed by atoms with van der Waals surface area (Å²) in [4.78, 5) is 4.71. The van der Waals surface area contributed by atoms with Gasteiger partial charge in [-0.05, 0) is 72.4 Å². The molecule has 0 saturated heterocycles. The summed E-state index contributed by atoms with van der Waals surface area (Å²) in [6.45, 7) is 2.16. The minimum Gasteiger partial charge on any atom is -0.294 e. The van der Waals surface area contributed by atoms with Crippen LogP contribution in [0.1, 0.15) is 41.6 Å². The van der Waals surface area contributed by atoms with Crippen molar-refractivity contribution in [1.29, 1.82) is 0 Å². The molecule has 2 nitrogen and oxygen atoms in total. The quantitative estimate of drug-likeness (QED) is 0.408. The van der Waals surface area contributed by atoms with Crippen molar-refractivity contribution in [2.45, 2.75) is 31.6 Å². The lowest BCUT2D eigenvalue weighted by molar-refractivity contribution is 0.331. The summed E-state index contributed by atoms with van der Waals surface area (Å²) < 4.78 is 2.36. The van der Waals surface area contributed by atoms with E-state index >= 15 is 0 Å². The highest BCUT2D eigenvalue weighted by Gasteiger charge is 2.47. The molecule has 2 aliphatic rings. The highest BCUT2D eigenvalue weighted by atomic mass is 15.1. The molecular weight excluding hydrogens is 340 g/mol. The Hall–Kier alpha value is -3.13. The van der Waals surface area contributed by atoms with Crippen LogP contribution in [-0.2, 0) is 5.41 Å². The second-order valence-corrected chi connectivity index (χ2v) is 8.20. The second-order valence-electron chi connectivity index (χ2n) is 8.20. The standard InChI is InChI=1S/C26H22N2/c1-18-10-11-20-17-24(28(23(20)15-18)25-9-4-5-14-27-25)22-16-19-7-2-3-8-21(19)26(22)12-6-13-26/h2-5,7-11,14-17H,6,12-13H2,1H3. The van der Waals surface area contributed by atoms with Gasteiger partial charge >= 0.3 is 0 Å². The number of hydrogen-bond donors (Lipinski definition) is 0. The smallest absolute Gasteiger partial charge is 0.137 e. The van der Waals surface area contributed by atoms with Crippen molar-refractivity contribution in [3.8, 4) is 5.82 Å². The molecule has 2 aromatic heterocycles. The largest absolute Gasteiger partial charge is 0.294 e. The molecule has 0 radical (unpaired) electrons. The first kappa shape index (κ1) is 15.9. The lowest BCUT2D eigenvalue weighted by Crippen LogP contribution is -2.34. The Labute approximate surface area is 165 Å². The fourth-order valence-electron chi connectivity index (χ4n) is 5.13. The van der Waals surface area contributed by atoms with Gasteiger partial charge in [0.25, 0.3) is 0 Å². The Morgan fingerprint density at radius 1 is 0.929 bits per heavy atom. The summed E-state index contributed by atoms with van der Waals surface area (Å²) in [6, 6.07) is 24.2. The highest BCUT2D eigenvalue weighted by molar-refractivity contribution is 5.98. The molecule has 1 fully saturated rings. The molecule has 0 N–H and O–H groups in total. The molecule has 28 heavy (non-hydrogen) atoms. The van der Waals surface area contributed by atoms with Gasteiger partial charge in [0.1, 0.15) is 5.82 Å². The first-order chi connectivity index (χ1) is 13.8. The molecule has 2 heterocycles. The van der Waals surface area contributed by atoms with E-state index in [9.17, 15) is 0 Å². The van der Waals surface area contributed by atoms with Crippen molar-refractivity contribution < 1.29 is 0 Å². The molecule has 1 saturated carbocycles. The van der Waals surface area contributed by atoms with Crippen LogP contribution in [0.5, 0.6) is 0 Å². The molecule has 0 amide bonds. The number of aryl methyl sites for hydroxylation is 1. The van der Waals surface area contributed by atoms with Crippen LogP contribution >= 0.6 is 0 Å². The van der Waals surface area contributed by atoms with Crippen molar-refractivity contribution >= 4 is 22.6 Å². The Morgan fingerprint density at radius 2 is 1.79 bits per heavy atom.